The predicted molar refractivity (Wildman–Crippen MR) is 116 cm³/mol. The Morgan fingerprint density at radius 3 is 2.53 bits per heavy atom. The van der Waals surface area contributed by atoms with Crippen molar-refractivity contribution in [3.63, 3.8) is 0 Å². The van der Waals surface area contributed by atoms with Gasteiger partial charge in [0, 0.05) is 0 Å². The van der Waals surface area contributed by atoms with Gasteiger partial charge in [0.25, 0.3) is 11.5 Å². The highest BCUT2D eigenvalue weighted by Gasteiger charge is 2.17. The summed E-state index contributed by atoms with van der Waals surface area (Å²) in [6.07, 6.45) is 0. The van der Waals surface area contributed by atoms with Crippen molar-refractivity contribution in [1.29, 1.82) is 0 Å². The second kappa shape index (κ2) is 8.80. The van der Waals surface area contributed by atoms with Gasteiger partial charge in [-0.05, 0) is 38.1 Å². The Labute approximate surface area is 182 Å². The minimum atomic E-state index is -0.778. The summed E-state index contributed by atoms with van der Waals surface area (Å²) in [5.74, 6) is -1.30. The number of carbonyl (C=O) groups excluding carboxylic acids is 2. The highest BCUT2D eigenvalue weighted by molar-refractivity contribution is 5.94. The summed E-state index contributed by atoms with van der Waals surface area (Å²) in [6.45, 7) is 2.65. The number of esters is 1. The summed E-state index contributed by atoms with van der Waals surface area (Å²) >= 11 is 0. The van der Waals surface area contributed by atoms with Crippen molar-refractivity contribution >= 4 is 28.5 Å². The van der Waals surface area contributed by atoms with Gasteiger partial charge in [0.15, 0.2) is 6.61 Å². The van der Waals surface area contributed by atoms with Crippen LogP contribution in [0.2, 0.25) is 0 Å². The molecule has 0 radical (unpaired) electrons. The summed E-state index contributed by atoms with van der Waals surface area (Å²) in [7, 11) is 0. The Morgan fingerprint density at radius 1 is 1.03 bits per heavy atom. The van der Waals surface area contributed by atoms with Crippen LogP contribution in [-0.2, 0) is 20.9 Å². The highest BCUT2D eigenvalue weighted by Crippen LogP contribution is 2.22. The maximum Gasteiger partial charge on any atom is 0.328 e. The van der Waals surface area contributed by atoms with E-state index in [-0.39, 0.29) is 0 Å². The molecule has 0 bridgehead atoms. The van der Waals surface area contributed by atoms with Crippen LogP contribution in [0.4, 0.5) is 5.69 Å². The molecule has 2 aromatic heterocycles. The summed E-state index contributed by atoms with van der Waals surface area (Å²) in [4.78, 5) is 36.9. The van der Waals surface area contributed by atoms with Gasteiger partial charge in [-0.3, -0.25) is 14.4 Å². The minimum absolute atomic E-state index is 0.342. The second-order valence-electron chi connectivity index (χ2n) is 7.07. The molecule has 0 aliphatic rings. The molecular weight excluding hydrogens is 412 g/mol. The quantitative estimate of drug-likeness (QED) is 0.461. The molecule has 10 heteroatoms. The molecule has 4 aromatic rings. The third kappa shape index (κ3) is 4.24. The first-order valence-corrected chi connectivity index (χ1v) is 9.83. The molecule has 0 aliphatic carbocycles. The summed E-state index contributed by atoms with van der Waals surface area (Å²) in [6, 6.07) is 16.2. The van der Waals surface area contributed by atoms with Gasteiger partial charge in [-0.15, -0.1) is 5.10 Å². The molecule has 10 nitrogen and oxygen atoms in total. The normalized spacial score (nSPS) is 10.8. The number of benzene rings is 2. The number of amides is 1. The molecule has 162 valence electrons. The summed E-state index contributed by atoms with van der Waals surface area (Å²) in [5, 5.41) is 15.2. The van der Waals surface area contributed by atoms with Crippen LogP contribution in [0.5, 0.6) is 0 Å². The zero-order valence-corrected chi connectivity index (χ0v) is 17.5. The van der Waals surface area contributed by atoms with E-state index in [0.29, 0.717) is 22.3 Å². The van der Waals surface area contributed by atoms with Gasteiger partial charge in [0.2, 0.25) is 0 Å². The molecule has 2 aromatic carbocycles. The fourth-order valence-corrected chi connectivity index (χ4v) is 3.26. The highest BCUT2D eigenvalue weighted by atomic mass is 16.5. The van der Waals surface area contributed by atoms with Crippen molar-refractivity contribution in [2.45, 2.75) is 20.4 Å². The van der Waals surface area contributed by atoms with Crippen molar-refractivity contribution in [2.75, 3.05) is 11.9 Å². The average molecular weight is 432 g/mol. The van der Waals surface area contributed by atoms with Crippen LogP contribution in [0, 0.1) is 13.8 Å². The topological polar surface area (TPSA) is 121 Å². The average Bonchev–Trinajstić information content (AvgIpc) is 3.08. The molecule has 0 fully saturated rings. The van der Waals surface area contributed by atoms with Crippen LogP contribution in [0.25, 0.3) is 16.6 Å². The van der Waals surface area contributed by atoms with Crippen molar-refractivity contribution in [3.8, 4) is 5.69 Å². The van der Waals surface area contributed by atoms with Gasteiger partial charge in [-0.1, -0.05) is 35.5 Å². The maximum absolute atomic E-state index is 12.4. The number of ether oxygens (including phenoxy) is 1. The van der Waals surface area contributed by atoms with Gasteiger partial charge in [0.1, 0.15) is 12.1 Å². The number of hydrogen-bond acceptors (Lipinski definition) is 7. The van der Waals surface area contributed by atoms with Crippen LogP contribution in [0.15, 0.2) is 59.4 Å². The van der Waals surface area contributed by atoms with E-state index >= 15 is 0 Å². The Morgan fingerprint density at radius 2 is 1.75 bits per heavy atom. The van der Waals surface area contributed by atoms with Gasteiger partial charge in [0.05, 0.1) is 28.1 Å². The van der Waals surface area contributed by atoms with Crippen LogP contribution in [0.1, 0.15) is 11.4 Å². The summed E-state index contributed by atoms with van der Waals surface area (Å²) in [5.41, 5.74) is 2.75. The molecule has 2 heterocycles. The number of fused-ring (bicyclic) bond motifs is 1. The first-order chi connectivity index (χ1) is 15.4. The predicted octanol–water partition coefficient (Wildman–Crippen LogP) is 1.78. The fourth-order valence-electron chi connectivity index (χ4n) is 3.26. The zero-order valence-electron chi connectivity index (χ0n) is 17.5. The van der Waals surface area contributed by atoms with Gasteiger partial charge < -0.3 is 10.1 Å². The number of hydrogen-bond donors (Lipinski definition) is 1. The smallest absolute Gasteiger partial charge is 0.328 e. The lowest BCUT2D eigenvalue weighted by Gasteiger charge is -2.08. The van der Waals surface area contributed by atoms with Gasteiger partial charge in [-0.25, -0.2) is 4.68 Å². The first-order valence-electron chi connectivity index (χ1n) is 9.83. The summed E-state index contributed by atoms with van der Waals surface area (Å²) < 4.78 is 7.64. The molecule has 0 atom stereocenters. The lowest BCUT2D eigenvalue weighted by molar-refractivity contribution is -0.148. The largest absolute Gasteiger partial charge is 0.454 e. The van der Waals surface area contributed by atoms with E-state index in [9.17, 15) is 14.4 Å². The maximum atomic E-state index is 12.4. The fraction of sp³-hybridized carbons (Fsp3) is 0.182. The molecule has 32 heavy (non-hydrogen) atoms. The van der Waals surface area contributed by atoms with E-state index in [1.54, 1.807) is 35.9 Å². The molecule has 0 spiro atoms. The third-order valence-corrected chi connectivity index (χ3v) is 4.83. The number of aromatic nitrogens is 5. The van der Waals surface area contributed by atoms with Crippen molar-refractivity contribution in [2.24, 2.45) is 0 Å². The van der Waals surface area contributed by atoms with Crippen molar-refractivity contribution < 1.29 is 14.3 Å². The van der Waals surface area contributed by atoms with Crippen LogP contribution in [-0.4, -0.2) is 43.3 Å². The molecule has 1 amide bonds. The van der Waals surface area contributed by atoms with E-state index < -0.39 is 30.6 Å². The van der Waals surface area contributed by atoms with Crippen LogP contribution < -0.4 is 10.9 Å². The van der Waals surface area contributed by atoms with E-state index in [0.717, 1.165) is 16.1 Å². The molecule has 0 unspecified atom stereocenters. The van der Waals surface area contributed by atoms with E-state index in [2.05, 4.69) is 20.7 Å². The number of carbonyl (C=O) groups is 2. The second-order valence-corrected chi connectivity index (χ2v) is 7.07. The van der Waals surface area contributed by atoms with Crippen LogP contribution in [0.3, 0.4) is 0 Å². The molecule has 0 saturated heterocycles. The zero-order chi connectivity index (χ0) is 22.7. The number of rotatable bonds is 6. The third-order valence-electron chi connectivity index (χ3n) is 4.83. The van der Waals surface area contributed by atoms with E-state index in [1.807, 2.05) is 37.3 Å². The Balaban J connectivity index is 1.39. The van der Waals surface area contributed by atoms with Crippen molar-refractivity contribution in [1.82, 2.24) is 24.8 Å². The van der Waals surface area contributed by atoms with Crippen LogP contribution >= 0.6 is 0 Å². The molecular formula is C22H20N6O4. The lowest BCUT2D eigenvalue weighted by atomic mass is 10.2. The number of anilines is 1. The molecule has 0 aliphatic heterocycles. The SMILES string of the molecule is Cc1nn(-c2ccccc2)c(C)c1NC(=O)COC(=O)Cn1nnc2ccccc2c1=O. The number of para-hydroxylation sites is 1. The monoisotopic (exact) mass is 432 g/mol. The molecule has 4 rings (SSSR count). The number of aryl methyl sites for hydroxylation is 1. The Bertz CT molecular complexity index is 1360. The molecule has 0 saturated carbocycles. The Hall–Kier alpha value is -4.34. The van der Waals surface area contributed by atoms with Gasteiger partial charge in [-0.2, -0.15) is 9.78 Å². The standard InChI is InChI=1S/C22H20N6O4/c1-14-21(15(2)28(25-14)16-8-4-3-5-9-16)23-19(29)13-32-20(30)12-27-22(31)17-10-6-7-11-18(17)24-26-27/h3-11H,12-13H2,1-2H3,(H,23,29). The number of nitrogens with zero attached hydrogens (tertiary/aromatic N) is 5. The van der Waals surface area contributed by atoms with E-state index in [4.69, 9.17) is 4.74 Å². The van der Waals surface area contributed by atoms with Gasteiger partial charge >= 0.3 is 5.97 Å². The minimum Gasteiger partial charge on any atom is -0.454 e. The lowest BCUT2D eigenvalue weighted by Crippen LogP contribution is -2.30. The Kier molecular flexibility index (Phi) is 5.75. The number of nitrogens with one attached hydrogen (secondary N) is 1. The van der Waals surface area contributed by atoms with Crippen molar-refractivity contribution in [3.05, 3.63) is 76.3 Å². The molecule has 1 N–H and O–H groups in total. The first kappa shape index (κ1) is 20.9. The van der Waals surface area contributed by atoms with E-state index in [1.165, 1.54) is 0 Å².